The molecule has 1 unspecified atom stereocenters. The quantitative estimate of drug-likeness (QED) is 0.784. The molecule has 1 atom stereocenters. The third-order valence-electron chi connectivity index (χ3n) is 3.40. The van der Waals surface area contributed by atoms with Gasteiger partial charge in [-0.1, -0.05) is 41.9 Å². The highest BCUT2D eigenvalue weighted by molar-refractivity contribution is 6.30. The number of hydrogen-bond acceptors (Lipinski definition) is 2. The minimum absolute atomic E-state index is 0.0557. The van der Waals surface area contributed by atoms with Gasteiger partial charge < -0.3 is 5.73 Å². The molecule has 0 bridgehead atoms. The van der Waals surface area contributed by atoms with Gasteiger partial charge >= 0.3 is 0 Å². The average Bonchev–Trinajstić information content (AvgIpc) is 2.47. The molecule has 0 aliphatic heterocycles. The molecule has 2 N–H and O–H groups in total. The maximum absolute atomic E-state index is 6.30. The summed E-state index contributed by atoms with van der Waals surface area (Å²) in [7, 11) is 0. The summed E-state index contributed by atoms with van der Waals surface area (Å²) < 4.78 is 0. The van der Waals surface area contributed by atoms with Gasteiger partial charge in [-0.3, -0.25) is 4.98 Å². The zero-order valence-electron chi connectivity index (χ0n) is 11.0. The lowest BCUT2D eigenvalue weighted by Crippen LogP contribution is -2.13. The van der Waals surface area contributed by atoms with Gasteiger partial charge in [0, 0.05) is 22.6 Å². The molecule has 0 saturated heterocycles. The van der Waals surface area contributed by atoms with Crippen LogP contribution in [0.1, 0.15) is 17.2 Å². The van der Waals surface area contributed by atoms with Crippen LogP contribution in [-0.2, 0) is 6.42 Å². The Bertz CT molecular complexity index is 740. The van der Waals surface area contributed by atoms with Crippen molar-refractivity contribution in [1.29, 1.82) is 0 Å². The second-order valence-corrected chi connectivity index (χ2v) is 5.33. The molecule has 0 fully saturated rings. The topological polar surface area (TPSA) is 38.9 Å². The number of fused-ring (bicyclic) bond motifs is 1. The van der Waals surface area contributed by atoms with Crippen molar-refractivity contribution in [3.8, 4) is 0 Å². The fraction of sp³-hybridized carbons (Fsp3) is 0.118. The first kappa shape index (κ1) is 13.1. The van der Waals surface area contributed by atoms with E-state index in [1.165, 1.54) is 0 Å². The zero-order valence-corrected chi connectivity index (χ0v) is 11.7. The molecule has 2 nitrogen and oxygen atoms in total. The van der Waals surface area contributed by atoms with E-state index in [1.54, 1.807) is 6.20 Å². The van der Waals surface area contributed by atoms with Crippen LogP contribution in [0.25, 0.3) is 10.9 Å². The van der Waals surface area contributed by atoms with Gasteiger partial charge in [0.2, 0.25) is 0 Å². The standard InChI is InChI=1S/C17H15ClN2/c18-15-5-1-3-12(9-15)10-16(19)14-7-6-13-4-2-8-20-17(13)11-14/h1-9,11,16H,10,19H2. The summed E-state index contributed by atoms with van der Waals surface area (Å²) in [5.41, 5.74) is 9.51. The van der Waals surface area contributed by atoms with E-state index in [-0.39, 0.29) is 6.04 Å². The van der Waals surface area contributed by atoms with E-state index >= 15 is 0 Å². The second kappa shape index (κ2) is 5.61. The fourth-order valence-electron chi connectivity index (χ4n) is 2.35. The molecule has 0 radical (unpaired) electrons. The zero-order chi connectivity index (χ0) is 13.9. The Kier molecular flexibility index (Phi) is 3.68. The third kappa shape index (κ3) is 2.82. The number of rotatable bonds is 3. The predicted molar refractivity (Wildman–Crippen MR) is 83.8 cm³/mol. The molecule has 0 spiro atoms. The molecule has 100 valence electrons. The van der Waals surface area contributed by atoms with Crippen LogP contribution < -0.4 is 5.73 Å². The van der Waals surface area contributed by atoms with Gasteiger partial charge in [0.25, 0.3) is 0 Å². The van der Waals surface area contributed by atoms with Crippen LogP contribution >= 0.6 is 11.6 Å². The number of aromatic nitrogens is 1. The lowest BCUT2D eigenvalue weighted by molar-refractivity contribution is 0.723. The predicted octanol–water partition coefficient (Wildman–Crippen LogP) is 4.13. The van der Waals surface area contributed by atoms with E-state index in [9.17, 15) is 0 Å². The Hall–Kier alpha value is -1.90. The van der Waals surface area contributed by atoms with Crippen molar-refractivity contribution in [2.75, 3.05) is 0 Å². The van der Waals surface area contributed by atoms with Crippen LogP contribution in [0.4, 0.5) is 0 Å². The number of halogens is 1. The maximum atomic E-state index is 6.30. The molecular weight excluding hydrogens is 268 g/mol. The largest absolute Gasteiger partial charge is 0.324 e. The first-order valence-corrected chi connectivity index (χ1v) is 6.95. The van der Waals surface area contributed by atoms with Crippen LogP contribution in [0.2, 0.25) is 5.02 Å². The molecular formula is C17H15ClN2. The number of nitrogens with two attached hydrogens (primary N) is 1. The van der Waals surface area contributed by atoms with E-state index in [1.807, 2.05) is 30.3 Å². The molecule has 1 heterocycles. The van der Waals surface area contributed by atoms with Crippen molar-refractivity contribution in [2.24, 2.45) is 5.73 Å². The van der Waals surface area contributed by atoms with Crippen LogP contribution in [0.15, 0.2) is 60.8 Å². The Morgan fingerprint density at radius 1 is 1.05 bits per heavy atom. The number of benzene rings is 2. The summed E-state index contributed by atoms with van der Waals surface area (Å²) in [4.78, 5) is 4.37. The number of hydrogen-bond donors (Lipinski definition) is 1. The summed E-state index contributed by atoms with van der Waals surface area (Å²) in [6.45, 7) is 0. The van der Waals surface area contributed by atoms with Gasteiger partial charge in [0.05, 0.1) is 5.52 Å². The first-order valence-electron chi connectivity index (χ1n) is 6.57. The van der Waals surface area contributed by atoms with Crippen LogP contribution in [0.3, 0.4) is 0 Å². The smallest absolute Gasteiger partial charge is 0.0705 e. The van der Waals surface area contributed by atoms with E-state index in [0.29, 0.717) is 0 Å². The molecule has 3 rings (SSSR count). The highest BCUT2D eigenvalue weighted by Crippen LogP contribution is 2.21. The van der Waals surface area contributed by atoms with E-state index in [0.717, 1.165) is 33.5 Å². The van der Waals surface area contributed by atoms with Gasteiger partial charge in [0.1, 0.15) is 0 Å². The van der Waals surface area contributed by atoms with Crippen LogP contribution in [0.5, 0.6) is 0 Å². The summed E-state index contributed by atoms with van der Waals surface area (Å²) in [6.07, 6.45) is 2.56. The van der Waals surface area contributed by atoms with Crippen molar-refractivity contribution in [3.05, 3.63) is 76.9 Å². The van der Waals surface area contributed by atoms with E-state index < -0.39 is 0 Å². The van der Waals surface area contributed by atoms with E-state index in [4.69, 9.17) is 17.3 Å². The summed E-state index contributed by atoms with van der Waals surface area (Å²) in [5, 5.41) is 1.88. The molecule has 3 aromatic rings. The van der Waals surface area contributed by atoms with Crippen LogP contribution in [-0.4, -0.2) is 4.98 Å². The summed E-state index contributed by atoms with van der Waals surface area (Å²) >= 11 is 6.00. The second-order valence-electron chi connectivity index (χ2n) is 4.90. The maximum Gasteiger partial charge on any atom is 0.0705 e. The number of pyridine rings is 1. The third-order valence-corrected chi connectivity index (χ3v) is 3.64. The summed E-state index contributed by atoms with van der Waals surface area (Å²) in [5.74, 6) is 0. The highest BCUT2D eigenvalue weighted by Gasteiger charge is 2.08. The van der Waals surface area contributed by atoms with Crippen LogP contribution in [0, 0.1) is 0 Å². The van der Waals surface area contributed by atoms with Gasteiger partial charge in [-0.15, -0.1) is 0 Å². The first-order chi connectivity index (χ1) is 9.72. The van der Waals surface area contributed by atoms with Crippen molar-refractivity contribution in [3.63, 3.8) is 0 Å². The Labute approximate surface area is 123 Å². The SMILES string of the molecule is NC(Cc1cccc(Cl)c1)c1ccc2cccnc2c1. The molecule has 0 aliphatic carbocycles. The van der Waals surface area contributed by atoms with Gasteiger partial charge in [-0.05, 0) is 41.8 Å². The normalized spacial score (nSPS) is 12.5. The fourth-order valence-corrected chi connectivity index (χ4v) is 2.56. The van der Waals surface area contributed by atoms with Gasteiger partial charge in [-0.2, -0.15) is 0 Å². The van der Waals surface area contributed by atoms with Gasteiger partial charge in [0.15, 0.2) is 0 Å². The molecule has 0 aliphatic rings. The van der Waals surface area contributed by atoms with Gasteiger partial charge in [-0.25, -0.2) is 0 Å². The molecule has 1 aromatic heterocycles. The minimum atomic E-state index is -0.0557. The minimum Gasteiger partial charge on any atom is -0.324 e. The molecule has 2 aromatic carbocycles. The Balaban J connectivity index is 1.86. The summed E-state index contributed by atoms with van der Waals surface area (Å²) in [6, 6.07) is 18.0. The van der Waals surface area contributed by atoms with Crippen molar-refractivity contribution in [1.82, 2.24) is 4.98 Å². The molecule has 20 heavy (non-hydrogen) atoms. The molecule has 0 saturated carbocycles. The molecule has 0 amide bonds. The van der Waals surface area contributed by atoms with Crippen molar-refractivity contribution >= 4 is 22.5 Å². The van der Waals surface area contributed by atoms with Crippen molar-refractivity contribution in [2.45, 2.75) is 12.5 Å². The monoisotopic (exact) mass is 282 g/mol. The Morgan fingerprint density at radius 2 is 1.95 bits per heavy atom. The molecule has 3 heteroatoms. The Morgan fingerprint density at radius 3 is 2.80 bits per heavy atom. The number of nitrogens with zero attached hydrogens (tertiary/aromatic N) is 1. The lowest BCUT2D eigenvalue weighted by atomic mass is 9.98. The average molecular weight is 283 g/mol. The van der Waals surface area contributed by atoms with Crippen molar-refractivity contribution < 1.29 is 0 Å². The van der Waals surface area contributed by atoms with E-state index in [2.05, 4.69) is 29.2 Å². The highest BCUT2D eigenvalue weighted by atomic mass is 35.5. The lowest BCUT2D eigenvalue weighted by Gasteiger charge is -2.13.